The minimum atomic E-state index is -1.78. The van der Waals surface area contributed by atoms with Gasteiger partial charge < -0.3 is 55.4 Å². The van der Waals surface area contributed by atoms with E-state index in [0.29, 0.717) is 0 Å². The molecule has 0 aromatic heterocycles. The van der Waals surface area contributed by atoms with Crippen LogP contribution in [0.4, 0.5) is 0 Å². The second-order valence-electron chi connectivity index (χ2n) is 6.09. The summed E-state index contributed by atoms with van der Waals surface area (Å²) in [6.07, 6.45) is -16.3. The fourth-order valence-electron chi connectivity index (χ4n) is 3.18. The minimum absolute atomic E-state index is 0.706. The lowest BCUT2D eigenvalue weighted by molar-refractivity contribution is -0.306. The van der Waals surface area contributed by atoms with Crippen LogP contribution in [0.2, 0.25) is 0 Å². The fraction of sp³-hybridized carbons (Fsp3) is 1.00. The number of aliphatic hydroxyl groups excluding tert-OH is 9. The van der Waals surface area contributed by atoms with Crippen LogP contribution in [0.3, 0.4) is 0 Å². The minimum Gasteiger partial charge on any atom is -0.394 e. The van der Waals surface area contributed by atoms with Crippen LogP contribution in [-0.2, 0) is 9.47 Å². The molecule has 0 aromatic rings. The van der Waals surface area contributed by atoms with Crippen LogP contribution in [0.1, 0.15) is 0 Å². The first-order valence-electron chi connectivity index (χ1n) is 7.53. The lowest BCUT2D eigenvalue weighted by atomic mass is 9.79. The van der Waals surface area contributed by atoms with Crippen molar-refractivity contribution in [2.24, 2.45) is 5.92 Å². The quantitative estimate of drug-likeness (QED) is 0.232. The lowest BCUT2D eigenvalue weighted by Crippen LogP contribution is -2.66. The van der Waals surface area contributed by atoms with Crippen molar-refractivity contribution in [2.45, 2.75) is 61.2 Å². The van der Waals surface area contributed by atoms with Crippen LogP contribution in [0.15, 0.2) is 0 Å². The highest BCUT2D eigenvalue weighted by molar-refractivity contribution is 5.01. The van der Waals surface area contributed by atoms with E-state index in [0.717, 1.165) is 0 Å². The third kappa shape index (κ3) is 3.43. The normalized spacial score (nSPS) is 51.4. The van der Waals surface area contributed by atoms with E-state index in [1.54, 1.807) is 0 Å². The Kier molecular flexibility index (Phi) is 6.50. The molecule has 2 fully saturated rings. The molecule has 11 heteroatoms. The number of aliphatic hydroxyl groups is 9. The molecule has 2 aliphatic heterocycles. The standard InChI is InChI=1S/C13H24O11/c14-1-3-5(7(17)11(21)13(22)24-3)8(18)12-10(20)9(19)6(16)4(2-15)23-12/h3-22H,1-2H2/t3-,4-,5-,6+,7+,8+,9+,10-,11-,12+,13?/m1/s1. The van der Waals surface area contributed by atoms with E-state index in [2.05, 4.69) is 0 Å². The molecule has 9 N–H and O–H groups in total. The highest BCUT2D eigenvalue weighted by Crippen LogP contribution is 2.33. The first kappa shape index (κ1) is 19.9. The summed E-state index contributed by atoms with van der Waals surface area (Å²) >= 11 is 0. The molecule has 0 spiro atoms. The van der Waals surface area contributed by atoms with Crippen LogP contribution in [0, 0.1) is 5.92 Å². The second kappa shape index (κ2) is 7.85. The van der Waals surface area contributed by atoms with Crippen LogP contribution >= 0.6 is 0 Å². The summed E-state index contributed by atoms with van der Waals surface area (Å²) in [5.41, 5.74) is 0. The Labute approximate surface area is 136 Å². The van der Waals surface area contributed by atoms with Gasteiger partial charge in [0.05, 0.1) is 31.5 Å². The van der Waals surface area contributed by atoms with E-state index < -0.39 is 80.4 Å². The van der Waals surface area contributed by atoms with Crippen LogP contribution < -0.4 is 0 Å². The lowest BCUT2D eigenvalue weighted by Gasteiger charge is -2.47. The molecule has 1 unspecified atom stereocenters. The molecule has 2 aliphatic rings. The van der Waals surface area contributed by atoms with Gasteiger partial charge in [-0.05, 0) is 0 Å². The Hall–Kier alpha value is -0.440. The molecule has 2 heterocycles. The van der Waals surface area contributed by atoms with Crippen molar-refractivity contribution in [1.29, 1.82) is 0 Å². The third-order valence-electron chi connectivity index (χ3n) is 4.62. The van der Waals surface area contributed by atoms with Gasteiger partial charge in [-0.1, -0.05) is 0 Å². The average molecular weight is 356 g/mol. The molecule has 2 rings (SSSR count). The molecule has 0 saturated carbocycles. The van der Waals surface area contributed by atoms with Gasteiger partial charge in [0.1, 0.15) is 36.6 Å². The first-order valence-corrected chi connectivity index (χ1v) is 7.53. The summed E-state index contributed by atoms with van der Waals surface area (Å²) in [5.74, 6) is -1.38. The van der Waals surface area contributed by atoms with Gasteiger partial charge >= 0.3 is 0 Å². The van der Waals surface area contributed by atoms with Crippen LogP contribution in [0.25, 0.3) is 0 Å². The van der Waals surface area contributed by atoms with Gasteiger partial charge in [0.25, 0.3) is 0 Å². The predicted molar refractivity (Wildman–Crippen MR) is 73.2 cm³/mol. The summed E-state index contributed by atoms with van der Waals surface area (Å²) in [5, 5.41) is 87.7. The van der Waals surface area contributed by atoms with E-state index >= 15 is 0 Å². The number of ether oxygens (including phenoxy) is 2. The van der Waals surface area contributed by atoms with Gasteiger partial charge in [-0.3, -0.25) is 0 Å². The maximum absolute atomic E-state index is 10.5. The third-order valence-corrected chi connectivity index (χ3v) is 4.62. The number of hydrogen-bond donors (Lipinski definition) is 9. The highest BCUT2D eigenvalue weighted by atomic mass is 16.6. The van der Waals surface area contributed by atoms with Crippen molar-refractivity contribution in [2.75, 3.05) is 13.2 Å². The molecular formula is C13H24O11. The molecule has 11 nitrogen and oxygen atoms in total. The average Bonchev–Trinajstić information content (AvgIpc) is 2.57. The van der Waals surface area contributed by atoms with Crippen LogP contribution in [-0.4, -0.2) is 120 Å². The molecule has 0 bridgehead atoms. The molecular weight excluding hydrogens is 332 g/mol. The van der Waals surface area contributed by atoms with Gasteiger partial charge in [-0.2, -0.15) is 0 Å². The van der Waals surface area contributed by atoms with Crippen molar-refractivity contribution in [3.8, 4) is 0 Å². The highest BCUT2D eigenvalue weighted by Gasteiger charge is 2.53. The maximum Gasteiger partial charge on any atom is 0.183 e. The van der Waals surface area contributed by atoms with Crippen molar-refractivity contribution < 1.29 is 55.4 Å². The molecule has 0 amide bonds. The number of rotatable bonds is 4. The Morgan fingerprint density at radius 2 is 1.25 bits per heavy atom. The van der Waals surface area contributed by atoms with Gasteiger partial charge in [0.2, 0.25) is 0 Å². The fourth-order valence-corrected chi connectivity index (χ4v) is 3.18. The predicted octanol–water partition coefficient (Wildman–Crippen LogP) is -5.76. The van der Waals surface area contributed by atoms with Gasteiger partial charge in [0, 0.05) is 5.92 Å². The Morgan fingerprint density at radius 1 is 0.667 bits per heavy atom. The molecule has 2 saturated heterocycles. The van der Waals surface area contributed by atoms with Crippen molar-refractivity contribution in [3.05, 3.63) is 0 Å². The Balaban J connectivity index is 2.22. The largest absolute Gasteiger partial charge is 0.394 e. The number of hydrogen-bond acceptors (Lipinski definition) is 11. The zero-order valence-electron chi connectivity index (χ0n) is 12.6. The zero-order valence-corrected chi connectivity index (χ0v) is 12.6. The van der Waals surface area contributed by atoms with Crippen LogP contribution in [0.5, 0.6) is 0 Å². The topological polar surface area (TPSA) is 201 Å². The molecule has 0 radical (unpaired) electrons. The summed E-state index contributed by atoms with van der Waals surface area (Å²) in [7, 11) is 0. The summed E-state index contributed by atoms with van der Waals surface area (Å²) in [6, 6.07) is 0. The monoisotopic (exact) mass is 356 g/mol. The summed E-state index contributed by atoms with van der Waals surface area (Å²) < 4.78 is 10.1. The van der Waals surface area contributed by atoms with Gasteiger partial charge in [0.15, 0.2) is 6.29 Å². The molecule has 11 atom stereocenters. The van der Waals surface area contributed by atoms with Crippen molar-refractivity contribution in [1.82, 2.24) is 0 Å². The molecule has 24 heavy (non-hydrogen) atoms. The maximum atomic E-state index is 10.5. The first-order chi connectivity index (χ1) is 11.2. The van der Waals surface area contributed by atoms with E-state index in [4.69, 9.17) is 14.6 Å². The molecule has 142 valence electrons. The van der Waals surface area contributed by atoms with Gasteiger partial charge in [-0.25, -0.2) is 0 Å². The zero-order chi connectivity index (χ0) is 18.2. The summed E-state index contributed by atoms with van der Waals surface area (Å²) in [4.78, 5) is 0. The summed E-state index contributed by atoms with van der Waals surface area (Å²) in [6.45, 7) is -1.43. The SMILES string of the molecule is OC[C@H]1O[C@@H]([C@@H](O)[C@H]2[C@H](O)[C@@H](O)C(O)O[C@@H]2CO)[C@H](O)[C@@H](O)[C@H]1O. The van der Waals surface area contributed by atoms with Crippen molar-refractivity contribution in [3.63, 3.8) is 0 Å². The second-order valence-corrected chi connectivity index (χ2v) is 6.09. The van der Waals surface area contributed by atoms with Gasteiger partial charge in [-0.15, -0.1) is 0 Å². The van der Waals surface area contributed by atoms with E-state index in [-0.39, 0.29) is 0 Å². The Morgan fingerprint density at radius 3 is 1.79 bits per heavy atom. The van der Waals surface area contributed by atoms with Crippen molar-refractivity contribution >= 4 is 0 Å². The van der Waals surface area contributed by atoms with E-state index in [9.17, 15) is 40.9 Å². The Bertz CT molecular complexity index is 405. The van der Waals surface area contributed by atoms with E-state index in [1.807, 2.05) is 0 Å². The van der Waals surface area contributed by atoms with E-state index in [1.165, 1.54) is 0 Å². The molecule has 0 aromatic carbocycles. The molecule has 0 aliphatic carbocycles. The smallest absolute Gasteiger partial charge is 0.183 e.